The minimum atomic E-state index is 0.317. The zero-order valence-corrected chi connectivity index (χ0v) is 11.3. The summed E-state index contributed by atoms with van der Waals surface area (Å²) in [6, 6.07) is 6.64. The molecule has 0 heterocycles. The van der Waals surface area contributed by atoms with E-state index in [2.05, 4.69) is 37.2 Å². The molecule has 0 fully saturated rings. The average molecular weight is 252 g/mol. The van der Waals surface area contributed by atoms with E-state index in [1.165, 1.54) is 16.7 Å². The van der Waals surface area contributed by atoms with Crippen LogP contribution >= 0.6 is 11.8 Å². The number of oxime groups is 1. The molecule has 1 aromatic carbocycles. The van der Waals surface area contributed by atoms with Crippen LogP contribution in [0.25, 0.3) is 0 Å². The third kappa shape index (κ3) is 5.63. The molecule has 0 radical (unpaired) electrons. The topological polar surface area (TPSA) is 58.6 Å². The molecule has 0 aliphatic heterocycles. The molecule has 0 unspecified atom stereocenters. The predicted molar refractivity (Wildman–Crippen MR) is 74.7 cm³/mol. The first-order chi connectivity index (χ1) is 8.11. The van der Waals surface area contributed by atoms with Gasteiger partial charge in [-0.1, -0.05) is 34.5 Å². The lowest BCUT2D eigenvalue weighted by Crippen LogP contribution is -2.11. The predicted octanol–water partition coefficient (Wildman–Crippen LogP) is 3.06. The summed E-state index contributed by atoms with van der Waals surface area (Å²) < 4.78 is 0. The molecular formula is C13H20N2OS. The fourth-order valence-electron chi connectivity index (χ4n) is 1.75. The minimum Gasteiger partial charge on any atom is -0.409 e. The largest absolute Gasteiger partial charge is 0.409 e. The van der Waals surface area contributed by atoms with Gasteiger partial charge in [0, 0.05) is 12.2 Å². The molecule has 0 aliphatic carbocycles. The van der Waals surface area contributed by atoms with Crippen molar-refractivity contribution in [3.8, 4) is 0 Å². The molecule has 0 saturated carbocycles. The maximum atomic E-state index is 8.39. The van der Waals surface area contributed by atoms with Gasteiger partial charge in [0.05, 0.1) is 0 Å². The van der Waals surface area contributed by atoms with E-state index >= 15 is 0 Å². The zero-order chi connectivity index (χ0) is 12.7. The molecule has 4 heteroatoms. The number of rotatable bonds is 6. The summed E-state index contributed by atoms with van der Waals surface area (Å²) in [4.78, 5) is 0. The van der Waals surface area contributed by atoms with Crippen LogP contribution in [-0.2, 0) is 5.75 Å². The summed E-state index contributed by atoms with van der Waals surface area (Å²) in [5.41, 5.74) is 9.40. The molecule has 0 bridgehead atoms. The van der Waals surface area contributed by atoms with Crippen LogP contribution < -0.4 is 5.73 Å². The molecular weight excluding hydrogens is 232 g/mol. The number of amidine groups is 1. The zero-order valence-electron chi connectivity index (χ0n) is 10.4. The van der Waals surface area contributed by atoms with Gasteiger partial charge in [-0.2, -0.15) is 11.8 Å². The first-order valence-electron chi connectivity index (χ1n) is 5.73. The van der Waals surface area contributed by atoms with Crippen LogP contribution in [0.1, 0.15) is 29.5 Å². The van der Waals surface area contributed by atoms with Gasteiger partial charge >= 0.3 is 0 Å². The van der Waals surface area contributed by atoms with Crippen LogP contribution in [0.15, 0.2) is 23.4 Å². The highest BCUT2D eigenvalue weighted by Crippen LogP contribution is 2.16. The van der Waals surface area contributed by atoms with Crippen molar-refractivity contribution in [1.82, 2.24) is 0 Å². The van der Waals surface area contributed by atoms with E-state index in [1.54, 1.807) is 0 Å². The Hall–Kier alpha value is -1.16. The lowest BCUT2D eigenvalue weighted by Gasteiger charge is -2.05. The highest BCUT2D eigenvalue weighted by molar-refractivity contribution is 7.98. The molecule has 0 aromatic heterocycles. The first kappa shape index (κ1) is 13.9. The second-order valence-corrected chi connectivity index (χ2v) is 5.35. The van der Waals surface area contributed by atoms with Gasteiger partial charge in [-0.05, 0) is 31.6 Å². The van der Waals surface area contributed by atoms with Crippen molar-refractivity contribution >= 4 is 17.6 Å². The Balaban J connectivity index is 2.26. The molecule has 0 aliphatic rings. The highest BCUT2D eigenvalue weighted by Gasteiger charge is 1.98. The minimum absolute atomic E-state index is 0.317. The Kier molecular flexibility index (Phi) is 5.91. The van der Waals surface area contributed by atoms with E-state index in [4.69, 9.17) is 10.9 Å². The van der Waals surface area contributed by atoms with E-state index in [9.17, 15) is 0 Å². The summed E-state index contributed by atoms with van der Waals surface area (Å²) in [6.45, 7) is 4.25. The highest BCUT2D eigenvalue weighted by atomic mass is 32.2. The standard InChI is InChI=1S/C13H20N2OS/c1-10-6-11(2)8-12(7-10)9-17-5-3-4-13(14)15-16/h6-8,16H,3-5,9H2,1-2H3,(H2,14,15). The van der Waals surface area contributed by atoms with Gasteiger partial charge in [-0.3, -0.25) is 0 Å². The van der Waals surface area contributed by atoms with E-state index in [0.29, 0.717) is 12.3 Å². The third-order valence-corrected chi connectivity index (χ3v) is 3.52. The van der Waals surface area contributed by atoms with Crippen molar-refractivity contribution in [3.63, 3.8) is 0 Å². The summed E-state index contributed by atoms with van der Waals surface area (Å²) in [7, 11) is 0. The quantitative estimate of drug-likeness (QED) is 0.269. The Labute approximate surface area is 107 Å². The van der Waals surface area contributed by atoms with E-state index in [0.717, 1.165) is 17.9 Å². The summed E-state index contributed by atoms with van der Waals surface area (Å²) in [6.07, 6.45) is 1.61. The maximum absolute atomic E-state index is 8.39. The second-order valence-electron chi connectivity index (χ2n) is 4.24. The lowest BCUT2D eigenvalue weighted by molar-refractivity contribution is 0.317. The molecule has 1 aromatic rings. The molecule has 1 rings (SSSR count). The van der Waals surface area contributed by atoms with Crippen molar-refractivity contribution in [2.45, 2.75) is 32.4 Å². The maximum Gasteiger partial charge on any atom is 0.139 e. The lowest BCUT2D eigenvalue weighted by atomic mass is 10.1. The van der Waals surface area contributed by atoms with Crippen molar-refractivity contribution in [3.05, 3.63) is 34.9 Å². The Morgan fingerprint density at radius 3 is 2.53 bits per heavy atom. The summed E-state index contributed by atoms with van der Waals surface area (Å²) in [5, 5.41) is 11.3. The molecule has 94 valence electrons. The summed E-state index contributed by atoms with van der Waals surface area (Å²) >= 11 is 1.88. The first-order valence-corrected chi connectivity index (χ1v) is 6.88. The van der Waals surface area contributed by atoms with Gasteiger partial charge in [0.1, 0.15) is 5.84 Å². The smallest absolute Gasteiger partial charge is 0.139 e. The van der Waals surface area contributed by atoms with Crippen molar-refractivity contribution < 1.29 is 5.21 Å². The summed E-state index contributed by atoms with van der Waals surface area (Å²) in [5.74, 6) is 2.37. The van der Waals surface area contributed by atoms with Gasteiger partial charge in [0.15, 0.2) is 0 Å². The number of benzene rings is 1. The SMILES string of the molecule is Cc1cc(C)cc(CSCCCC(N)=NO)c1. The van der Waals surface area contributed by atoms with Crippen LogP contribution in [0.3, 0.4) is 0 Å². The molecule has 17 heavy (non-hydrogen) atoms. The Morgan fingerprint density at radius 1 is 1.29 bits per heavy atom. The average Bonchev–Trinajstić information content (AvgIpc) is 2.27. The van der Waals surface area contributed by atoms with Crippen molar-refractivity contribution in [1.29, 1.82) is 0 Å². The van der Waals surface area contributed by atoms with Crippen LogP contribution in [0, 0.1) is 13.8 Å². The Bertz CT molecular complexity index is 371. The van der Waals surface area contributed by atoms with Gasteiger partial charge in [-0.15, -0.1) is 0 Å². The van der Waals surface area contributed by atoms with Gasteiger partial charge < -0.3 is 10.9 Å². The molecule has 0 amide bonds. The molecule has 0 spiro atoms. The number of aryl methyl sites for hydroxylation is 2. The number of nitrogens with two attached hydrogens (primary N) is 1. The molecule has 0 atom stereocenters. The van der Waals surface area contributed by atoms with Crippen LogP contribution in [-0.4, -0.2) is 16.8 Å². The van der Waals surface area contributed by atoms with E-state index in [-0.39, 0.29) is 0 Å². The third-order valence-electron chi connectivity index (χ3n) is 2.40. The normalized spacial score (nSPS) is 11.8. The number of nitrogens with zero attached hydrogens (tertiary/aromatic N) is 1. The molecule has 3 nitrogen and oxygen atoms in total. The van der Waals surface area contributed by atoms with Crippen molar-refractivity contribution in [2.75, 3.05) is 5.75 Å². The van der Waals surface area contributed by atoms with Gasteiger partial charge in [0.2, 0.25) is 0 Å². The van der Waals surface area contributed by atoms with Crippen LogP contribution in [0.4, 0.5) is 0 Å². The number of hydrogen-bond acceptors (Lipinski definition) is 3. The van der Waals surface area contributed by atoms with Crippen molar-refractivity contribution in [2.24, 2.45) is 10.9 Å². The Morgan fingerprint density at radius 2 is 1.94 bits per heavy atom. The van der Waals surface area contributed by atoms with E-state index < -0.39 is 0 Å². The number of thioether (sulfide) groups is 1. The monoisotopic (exact) mass is 252 g/mol. The molecule has 3 N–H and O–H groups in total. The second kappa shape index (κ2) is 7.22. The fraction of sp³-hybridized carbons (Fsp3) is 0.462. The van der Waals surface area contributed by atoms with Gasteiger partial charge in [0.25, 0.3) is 0 Å². The van der Waals surface area contributed by atoms with Gasteiger partial charge in [-0.25, -0.2) is 0 Å². The molecule has 0 saturated heterocycles. The van der Waals surface area contributed by atoms with Crippen LogP contribution in [0.2, 0.25) is 0 Å². The number of hydrogen-bond donors (Lipinski definition) is 2. The van der Waals surface area contributed by atoms with E-state index in [1.807, 2.05) is 11.8 Å². The fourth-order valence-corrected chi connectivity index (χ4v) is 2.64. The van der Waals surface area contributed by atoms with Crippen LogP contribution in [0.5, 0.6) is 0 Å².